The van der Waals surface area contributed by atoms with E-state index in [1.807, 2.05) is 23.7 Å². The molecule has 0 aromatic carbocycles. The summed E-state index contributed by atoms with van der Waals surface area (Å²) in [7, 11) is 0. The Balaban J connectivity index is 2.61. The topological polar surface area (TPSA) is 56.2 Å². The average Bonchev–Trinajstić information content (AvgIpc) is 2.64. The minimum Gasteiger partial charge on any atom is -0.330 e. The van der Waals surface area contributed by atoms with Crippen molar-refractivity contribution in [2.75, 3.05) is 6.54 Å². The molecule has 15 heavy (non-hydrogen) atoms. The average molecular weight is 204 g/mol. The lowest BCUT2D eigenvalue weighted by molar-refractivity contribution is 0.931. The van der Waals surface area contributed by atoms with Crippen LogP contribution >= 0.6 is 0 Å². The first-order valence-corrected chi connectivity index (χ1v) is 5.28. The summed E-state index contributed by atoms with van der Waals surface area (Å²) in [6, 6.07) is 0. The van der Waals surface area contributed by atoms with E-state index in [1.165, 1.54) is 5.56 Å². The Morgan fingerprint density at radius 3 is 2.93 bits per heavy atom. The largest absolute Gasteiger partial charge is 0.330 e. The predicted molar refractivity (Wildman–Crippen MR) is 59.9 cm³/mol. The first-order valence-electron chi connectivity index (χ1n) is 5.28. The third-order valence-corrected chi connectivity index (χ3v) is 2.58. The summed E-state index contributed by atoms with van der Waals surface area (Å²) in [6.07, 6.45) is 5.72. The fraction of sp³-hybridized carbons (Fsp3) is 0.455. The number of nitrogens with two attached hydrogens (primary N) is 1. The van der Waals surface area contributed by atoms with E-state index in [9.17, 15) is 0 Å². The molecule has 0 unspecified atom stereocenters. The van der Waals surface area contributed by atoms with Crippen molar-refractivity contribution in [3.63, 3.8) is 0 Å². The maximum absolute atomic E-state index is 5.53. The molecule has 4 heteroatoms. The maximum Gasteiger partial charge on any atom is 0.143 e. The highest BCUT2D eigenvalue weighted by Crippen LogP contribution is 2.12. The highest BCUT2D eigenvalue weighted by atomic mass is 15.1. The molecule has 4 nitrogen and oxygen atoms in total. The zero-order valence-electron chi connectivity index (χ0n) is 9.20. The molecule has 0 radical (unpaired) electrons. The molecular weight excluding hydrogens is 188 g/mol. The summed E-state index contributed by atoms with van der Waals surface area (Å²) in [5.74, 6) is 0.970. The third kappa shape index (κ3) is 1.72. The smallest absolute Gasteiger partial charge is 0.143 e. The molecule has 0 aliphatic carbocycles. The van der Waals surface area contributed by atoms with Gasteiger partial charge in [0.2, 0.25) is 0 Å². The SMILES string of the molecule is CCc1cnc(C)n2cc(CCN)nc12. The molecule has 2 heterocycles. The van der Waals surface area contributed by atoms with Crippen LogP contribution in [0.5, 0.6) is 0 Å². The Kier molecular flexibility index (Phi) is 2.68. The van der Waals surface area contributed by atoms with Crippen LogP contribution in [0.1, 0.15) is 24.0 Å². The van der Waals surface area contributed by atoms with Gasteiger partial charge < -0.3 is 5.73 Å². The fourth-order valence-electron chi connectivity index (χ4n) is 1.71. The van der Waals surface area contributed by atoms with Gasteiger partial charge in [0.15, 0.2) is 0 Å². The van der Waals surface area contributed by atoms with Gasteiger partial charge >= 0.3 is 0 Å². The molecule has 0 aliphatic heterocycles. The summed E-state index contributed by atoms with van der Waals surface area (Å²) < 4.78 is 2.05. The Morgan fingerprint density at radius 1 is 1.47 bits per heavy atom. The highest BCUT2D eigenvalue weighted by Gasteiger charge is 2.07. The third-order valence-electron chi connectivity index (χ3n) is 2.58. The van der Waals surface area contributed by atoms with Crippen LogP contribution in [0.2, 0.25) is 0 Å². The standard InChI is InChI=1S/C11H16N4/c1-3-9-6-13-8(2)15-7-10(4-5-12)14-11(9)15/h6-7H,3-5,12H2,1-2H3. The van der Waals surface area contributed by atoms with Gasteiger partial charge in [0.1, 0.15) is 11.5 Å². The molecule has 0 fully saturated rings. The molecule has 0 bridgehead atoms. The molecule has 0 saturated carbocycles. The van der Waals surface area contributed by atoms with Gasteiger partial charge in [0, 0.05) is 24.4 Å². The molecule has 0 spiro atoms. The minimum atomic E-state index is 0.637. The van der Waals surface area contributed by atoms with Crippen molar-refractivity contribution in [1.82, 2.24) is 14.4 Å². The zero-order valence-corrected chi connectivity index (χ0v) is 9.20. The number of aryl methyl sites for hydroxylation is 2. The number of rotatable bonds is 3. The van der Waals surface area contributed by atoms with Crippen LogP contribution < -0.4 is 5.73 Å². The van der Waals surface area contributed by atoms with Gasteiger partial charge in [0.25, 0.3) is 0 Å². The summed E-state index contributed by atoms with van der Waals surface area (Å²) in [5.41, 5.74) is 8.78. The number of imidazole rings is 1. The second-order valence-electron chi connectivity index (χ2n) is 3.65. The quantitative estimate of drug-likeness (QED) is 0.814. The molecule has 0 aliphatic rings. The number of aromatic nitrogens is 3. The van der Waals surface area contributed by atoms with Gasteiger partial charge in [-0.2, -0.15) is 0 Å². The summed E-state index contributed by atoms with van der Waals surface area (Å²) >= 11 is 0. The van der Waals surface area contributed by atoms with Crippen molar-refractivity contribution in [2.45, 2.75) is 26.7 Å². The second-order valence-corrected chi connectivity index (χ2v) is 3.65. The van der Waals surface area contributed by atoms with Crippen molar-refractivity contribution in [3.8, 4) is 0 Å². The maximum atomic E-state index is 5.53. The van der Waals surface area contributed by atoms with Crippen molar-refractivity contribution < 1.29 is 0 Å². The van der Waals surface area contributed by atoms with E-state index < -0.39 is 0 Å². The second kappa shape index (κ2) is 3.98. The molecule has 2 aromatic rings. The Hall–Kier alpha value is -1.42. The molecular formula is C11H16N4. The lowest BCUT2D eigenvalue weighted by atomic mass is 10.2. The minimum absolute atomic E-state index is 0.637. The lowest BCUT2D eigenvalue weighted by Crippen LogP contribution is -2.02. The van der Waals surface area contributed by atoms with Crippen molar-refractivity contribution >= 4 is 5.65 Å². The van der Waals surface area contributed by atoms with Crippen LogP contribution in [-0.2, 0) is 12.8 Å². The van der Waals surface area contributed by atoms with Crippen molar-refractivity contribution in [2.24, 2.45) is 5.73 Å². The van der Waals surface area contributed by atoms with E-state index in [1.54, 1.807) is 0 Å². The van der Waals surface area contributed by atoms with Crippen LogP contribution in [-0.4, -0.2) is 20.9 Å². The molecule has 2 aromatic heterocycles. The van der Waals surface area contributed by atoms with Gasteiger partial charge in [0.05, 0.1) is 5.69 Å². The van der Waals surface area contributed by atoms with Gasteiger partial charge in [-0.05, 0) is 19.9 Å². The van der Waals surface area contributed by atoms with Crippen LogP contribution in [0, 0.1) is 6.92 Å². The molecule has 2 N–H and O–H groups in total. The van der Waals surface area contributed by atoms with Gasteiger partial charge in [-0.15, -0.1) is 0 Å². The van der Waals surface area contributed by atoms with Gasteiger partial charge in [-0.1, -0.05) is 6.92 Å². The van der Waals surface area contributed by atoms with E-state index in [4.69, 9.17) is 5.73 Å². The summed E-state index contributed by atoms with van der Waals surface area (Å²) in [5, 5.41) is 0. The Bertz CT molecular complexity index is 473. The van der Waals surface area contributed by atoms with Crippen LogP contribution in [0.3, 0.4) is 0 Å². The van der Waals surface area contributed by atoms with Crippen molar-refractivity contribution in [1.29, 1.82) is 0 Å². The van der Waals surface area contributed by atoms with Gasteiger partial charge in [-0.25, -0.2) is 9.97 Å². The van der Waals surface area contributed by atoms with Crippen LogP contribution in [0.4, 0.5) is 0 Å². The highest BCUT2D eigenvalue weighted by molar-refractivity contribution is 5.48. The molecule has 0 amide bonds. The summed E-state index contributed by atoms with van der Waals surface area (Å²) in [4.78, 5) is 8.92. The number of fused-ring (bicyclic) bond motifs is 1. The van der Waals surface area contributed by atoms with E-state index in [0.29, 0.717) is 6.54 Å². The first-order chi connectivity index (χ1) is 7.26. The Labute approximate surface area is 89.2 Å². The zero-order chi connectivity index (χ0) is 10.8. The normalized spacial score (nSPS) is 11.1. The first kappa shape index (κ1) is 10.1. The lowest BCUT2D eigenvalue weighted by Gasteiger charge is -2.01. The number of hydrogen-bond acceptors (Lipinski definition) is 3. The number of hydrogen-bond donors (Lipinski definition) is 1. The number of nitrogens with zero attached hydrogens (tertiary/aromatic N) is 3. The monoisotopic (exact) mass is 204 g/mol. The molecule has 0 atom stereocenters. The Morgan fingerprint density at radius 2 is 2.27 bits per heavy atom. The van der Waals surface area contributed by atoms with Crippen molar-refractivity contribution in [3.05, 3.63) is 29.5 Å². The van der Waals surface area contributed by atoms with Gasteiger partial charge in [-0.3, -0.25) is 4.40 Å². The predicted octanol–water partition coefficient (Wildman–Crippen LogP) is 1.10. The van der Waals surface area contributed by atoms with Crippen LogP contribution in [0.25, 0.3) is 5.65 Å². The van der Waals surface area contributed by atoms with Crippen LogP contribution in [0.15, 0.2) is 12.4 Å². The molecule has 0 saturated heterocycles. The molecule has 2 rings (SSSR count). The van der Waals surface area contributed by atoms with E-state index in [-0.39, 0.29) is 0 Å². The van der Waals surface area contributed by atoms with E-state index >= 15 is 0 Å². The fourth-order valence-corrected chi connectivity index (χ4v) is 1.71. The molecule has 80 valence electrons. The van der Waals surface area contributed by atoms with E-state index in [0.717, 1.165) is 30.0 Å². The summed E-state index contributed by atoms with van der Waals surface area (Å²) in [6.45, 7) is 4.74. The van der Waals surface area contributed by atoms with E-state index in [2.05, 4.69) is 16.9 Å².